The fourth-order valence-electron chi connectivity index (χ4n) is 3.56. The summed E-state index contributed by atoms with van der Waals surface area (Å²) < 4.78 is 31.8. The van der Waals surface area contributed by atoms with E-state index < -0.39 is 10.0 Å². The minimum absolute atomic E-state index is 0.257. The summed E-state index contributed by atoms with van der Waals surface area (Å²) in [7, 11) is -3.68. The van der Waals surface area contributed by atoms with E-state index in [1.165, 1.54) is 4.31 Å². The zero-order valence-electron chi connectivity index (χ0n) is 16.5. The van der Waals surface area contributed by atoms with Crippen molar-refractivity contribution in [2.75, 3.05) is 16.2 Å². The molecular weight excluding hydrogens is 420 g/mol. The van der Waals surface area contributed by atoms with Gasteiger partial charge in [-0.05, 0) is 60.6 Å². The van der Waals surface area contributed by atoms with Crippen LogP contribution < -0.4 is 9.62 Å². The summed E-state index contributed by atoms with van der Waals surface area (Å²) in [4.78, 5) is 13.5. The first-order chi connectivity index (χ1) is 14.5. The fraction of sp³-hybridized carbons (Fsp3) is 0.286. The Morgan fingerprint density at radius 1 is 1.20 bits per heavy atom. The molecule has 9 heteroatoms. The molecule has 1 aliphatic heterocycles. The van der Waals surface area contributed by atoms with Gasteiger partial charge in [0.25, 0.3) is 15.9 Å². The average molecular weight is 443 g/mol. The van der Waals surface area contributed by atoms with E-state index in [-0.39, 0.29) is 10.8 Å². The van der Waals surface area contributed by atoms with E-state index in [1.807, 2.05) is 19.1 Å². The molecule has 0 saturated heterocycles. The largest absolute Gasteiger partial charge is 0.321 e. The summed E-state index contributed by atoms with van der Waals surface area (Å²) >= 11 is 1.07. The highest BCUT2D eigenvalue weighted by Gasteiger charge is 2.29. The maximum Gasteiger partial charge on any atom is 0.269 e. The number of nitrogens with one attached hydrogen (secondary N) is 1. The number of carbonyl (C=O) groups is 1. The second-order valence-electron chi connectivity index (χ2n) is 7.09. The molecule has 0 saturated carbocycles. The number of benzene rings is 2. The minimum atomic E-state index is -3.68. The third-order valence-electron chi connectivity index (χ3n) is 5.00. The van der Waals surface area contributed by atoms with Gasteiger partial charge in [0, 0.05) is 12.2 Å². The molecule has 0 spiro atoms. The van der Waals surface area contributed by atoms with Crippen LogP contribution in [-0.2, 0) is 22.9 Å². The predicted octanol–water partition coefficient (Wildman–Crippen LogP) is 3.88. The lowest BCUT2D eigenvalue weighted by Crippen LogP contribution is -2.35. The number of fused-ring (bicyclic) bond motifs is 1. The lowest BCUT2D eigenvalue weighted by Gasteiger charge is -2.31. The maximum atomic E-state index is 13.2. The molecule has 1 aliphatic rings. The summed E-state index contributed by atoms with van der Waals surface area (Å²) in [5.41, 5.74) is 2.79. The number of hydrogen-bond donors (Lipinski definition) is 1. The number of carbonyl (C=O) groups excluding carboxylic acids is 1. The van der Waals surface area contributed by atoms with Crippen molar-refractivity contribution in [2.24, 2.45) is 0 Å². The Labute approximate surface area is 180 Å². The van der Waals surface area contributed by atoms with Gasteiger partial charge in [0.1, 0.15) is 4.88 Å². The standard InChI is InChI=1S/C21H22N4O3S2/c1-2-7-18-20(29-24-23-18)21(26)22-16-12-11-15-8-6-13-25(19(15)14-16)30(27,28)17-9-4-3-5-10-17/h3-5,9-12,14H,2,6-8,13H2,1H3,(H,22,26). The quantitative estimate of drug-likeness (QED) is 0.625. The van der Waals surface area contributed by atoms with Gasteiger partial charge in [0.15, 0.2) is 0 Å². The first-order valence-electron chi connectivity index (χ1n) is 9.84. The molecule has 0 bridgehead atoms. The van der Waals surface area contributed by atoms with Gasteiger partial charge in [-0.15, -0.1) is 5.10 Å². The van der Waals surface area contributed by atoms with Gasteiger partial charge in [-0.2, -0.15) is 0 Å². The molecule has 1 aromatic heterocycles. The van der Waals surface area contributed by atoms with Crippen LogP contribution in [0.5, 0.6) is 0 Å². The smallest absolute Gasteiger partial charge is 0.269 e. The first-order valence-corrected chi connectivity index (χ1v) is 12.1. The monoisotopic (exact) mass is 442 g/mol. The van der Waals surface area contributed by atoms with Gasteiger partial charge in [-0.3, -0.25) is 9.10 Å². The van der Waals surface area contributed by atoms with Crippen molar-refractivity contribution in [2.45, 2.75) is 37.5 Å². The zero-order valence-corrected chi connectivity index (χ0v) is 18.2. The van der Waals surface area contributed by atoms with E-state index in [1.54, 1.807) is 36.4 Å². The Hall–Kier alpha value is -2.78. The molecule has 0 unspecified atom stereocenters. The maximum absolute atomic E-state index is 13.2. The Balaban J connectivity index is 1.64. The van der Waals surface area contributed by atoms with Crippen LogP contribution >= 0.6 is 11.5 Å². The van der Waals surface area contributed by atoms with Crippen molar-refractivity contribution in [3.63, 3.8) is 0 Å². The Bertz CT molecular complexity index is 1160. The molecule has 7 nitrogen and oxygen atoms in total. The second kappa shape index (κ2) is 8.53. The zero-order chi connectivity index (χ0) is 21.1. The van der Waals surface area contributed by atoms with Crippen LogP contribution in [-0.4, -0.2) is 30.5 Å². The summed E-state index contributed by atoms with van der Waals surface area (Å²) in [6, 6.07) is 13.8. The van der Waals surface area contributed by atoms with E-state index in [9.17, 15) is 13.2 Å². The molecule has 0 atom stereocenters. The molecule has 2 heterocycles. The normalized spacial score (nSPS) is 13.7. The number of hydrogen-bond acceptors (Lipinski definition) is 6. The summed E-state index contributed by atoms with van der Waals surface area (Å²) in [5.74, 6) is -0.276. The fourth-order valence-corrected chi connectivity index (χ4v) is 5.71. The van der Waals surface area contributed by atoms with Crippen LogP contribution in [0.1, 0.15) is 40.7 Å². The van der Waals surface area contributed by atoms with Crippen LogP contribution in [0.15, 0.2) is 53.4 Å². The van der Waals surface area contributed by atoms with Crippen molar-refractivity contribution in [1.29, 1.82) is 0 Å². The molecule has 30 heavy (non-hydrogen) atoms. The third-order valence-corrected chi connectivity index (χ3v) is 7.59. The highest BCUT2D eigenvalue weighted by molar-refractivity contribution is 7.92. The van der Waals surface area contributed by atoms with Gasteiger partial charge in [0.2, 0.25) is 0 Å². The van der Waals surface area contributed by atoms with Crippen molar-refractivity contribution in [1.82, 2.24) is 9.59 Å². The second-order valence-corrected chi connectivity index (χ2v) is 9.71. The Kier molecular flexibility index (Phi) is 5.83. The number of aromatic nitrogens is 2. The van der Waals surface area contributed by atoms with E-state index in [4.69, 9.17) is 0 Å². The summed E-state index contributed by atoms with van der Waals surface area (Å²) in [6.45, 7) is 2.42. The predicted molar refractivity (Wildman–Crippen MR) is 118 cm³/mol. The molecule has 0 radical (unpaired) electrons. The lowest BCUT2D eigenvalue weighted by molar-refractivity contribution is 0.102. The van der Waals surface area contributed by atoms with Crippen molar-refractivity contribution in [3.05, 3.63) is 64.7 Å². The number of nitrogens with zero attached hydrogens (tertiary/aromatic N) is 3. The lowest BCUT2D eigenvalue weighted by atomic mass is 10.0. The van der Waals surface area contributed by atoms with E-state index >= 15 is 0 Å². The van der Waals surface area contributed by atoms with Crippen molar-refractivity contribution in [3.8, 4) is 0 Å². The average Bonchev–Trinajstić information content (AvgIpc) is 3.22. The van der Waals surface area contributed by atoms with Crippen LogP contribution in [0.25, 0.3) is 0 Å². The topological polar surface area (TPSA) is 92.3 Å². The molecule has 4 rings (SSSR count). The molecule has 0 fully saturated rings. The Morgan fingerprint density at radius 3 is 2.77 bits per heavy atom. The van der Waals surface area contributed by atoms with E-state index in [2.05, 4.69) is 14.9 Å². The van der Waals surface area contributed by atoms with E-state index in [0.29, 0.717) is 34.9 Å². The van der Waals surface area contributed by atoms with Gasteiger partial charge < -0.3 is 5.32 Å². The SMILES string of the molecule is CCCc1nnsc1C(=O)Nc1ccc2c(c1)N(S(=O)(=O)c1ccccc1)CCC2. The van der Waals surface area contributed by atoms with Crippen molar-refractivity contribution < 1.29 is 13.2 Å². The summed E-state index contributed by atoms with van der Waals surface area (Å²) in [6.07, 6.45) is 3.10. The summed E-state index contributed by atoms with van der Waals surface area (Å²) in [5, 5.41) is 6.91. The van der Waals surface area contributed by atoms with Crippen LogP contribution in [0.3, 0.4) is 0 Å². The molecule has 3 aromatic rings. The third kappa shape index (κ3) is 3.95. The number of sulfonamides is 1. The number of rotatable bonds is 6. The van der Waals surface area contributed by atoms with Crippen LogP contribution in [0.4, 0.5) is 11.4 Å². The van der Waals surface area contributed by atoms with Gasteiger partial charge in [-0.1, -0.05) is 42.1 Å². The number of amides is 1. The van der Waals surface area contributed by atoms with Crippen LogP contribution in [0, 0.1) is 0 Å². The number of aryl methyl sites for hydroxylation is 2. The Morgan fingerprint density at radius 2 is 2.00 bits per heavy atom. The molecule has 2 aromatic carbocycles. The molecule has 0 aliphatic carbocycles. The molecule has 1 amide bonds. The van der Waals surface area contributed by atoms with Gasteiger partial charge in [-0.25, -0.2) is 8.42 Å². The highest BCUT2D eigenvalue weighted by Crippen LogP contribution is 2.34. The van der Waals surface area contributed by atoms with Gasteiger partial charge in [0.05, 0.1) is 16.3 Å². The molecular formula is C21H22N4O3S2. The highest BCUT2D eigenvalue weighted by atomic mass is 32.2. The van der Waals surface area contributed by atoms with Gasteiger partial charge >= 0.3 is 0 Å². The molecule has 156 valence electrons. The van der Waals surface area contributed by atoms with Crippen LogP contribution in [0.2, 0.25) is 0 Å². The van der Waals surface area contributed by atoms with Crippen molar-refractivity contribution >= 4 is 38.8 Å². The number of anilines is 2. The minimum Gasteiger partial charge on any atom is -0.321 e. The van der Waals surface area contributed by atoms with E-state index in [0.717, 1.165) is 36.4 Å². The molecule has 1 N–H and O–H groups in total. The first kappa shape index (κ1) is 20.5.